The fraction of sp³-hybridized carbons (Fsp3) is 0.250. The Morgan fingerprint density at radius 3 is 2.46 bits per heavy atom. The molecule has 0 fully saturated rings. The second-order valence-electron chi connectivity index (χ2n) is 2.68. The van der Waals surface area contributed by atoms with E-state index in [1.807, 2.05) is 30.3 Å². The third-order valence-corrected chi connectivity index (χ3v) is 5.94. The van der Waals surface area contributed by atoms with E-state index in [4.69, 9.17) is 14.3 Å². The Hall–Kier alpha value is -0.466. The molecule has 0 aliphatic rings. The van der Waals surface area contributed by atoms with Gasteiger partial charge < -0.3 is 14.3 Å². The molecular weight excluding hydrogens is 200 g/mol. The molecule has 0 aliphatic heterocycles. The molecule has 0 radical (unpaired) electrons. The van der Waals surface area contributed by atoms with Crippen molar-refractivity contribution in [2.45, 2.75) is 0 Å². The first kappa shape index (κ1) is 10.6. The van der Waals surface area contributed by atoms with Crippen molar-refractivity contribution in [3.05, 3.63) is 30.3 Å². The van der Waals surface area contributed by atoms with E-state index in [1.165, 1.54) is 0 Å². The van der Waals surface area contributed by atoms with E-state index in [2.05, 4.69) is 0 Å². The molecule has 0 saturated heterocycles. The average molecular weight is 214 g/mol. The fourth-order valence-corrected chi connectivity index (χ4v) is 4.73. The van der Waals surface area contributed by atoms with Crippen LogP contribution in [0, 0.1) is 0 Å². The molecule has 1 rings (SSSR count). The van der Waals surface area contributed by atoms with Crippen molar-refractivity contribution in [2.24, 2.45) is 0 Å². The molecule has 1 atom stereocenters. The zero-order valence-electron chi connectivity index (χ0n) is 7.39. The lowest BCUT2D eigenvalue weighted by molar-refractivity contribution is 0.333. The lowest BCUT2D eigenvalue weighted by Gasteiger charge is -2.13. The maximum absolute atomic E-state index is 9.08. The number of hydrogen-bond acceptors (Lipinski definition) is 3. The van der Waals surface area contributed by atoms with Gasteiger partial charge in [0.2, 0.25) is 9.04 Å². The molecule has 1 aromatic rings. The van der Waals surface area contributed by atoms with Crippen LogP contribution < -0.4 is 5.19 Å². The Morgan fingerprint density at radius 1 is 1.23 bits per heavy atom. The van der Waals surface area contributed by atoms with Gasteiger partial charge in [0.15, 0.2) is 9.76 Å². The van der Waals surface area contributed by atoms with Gasteiger partial charge in [-0.1, -0.05) is 30.3 Å². The second kappa shape index (κ2) is 6.06. The number of hydrogen-bond donors (Lipinski definition) is 2. The minimum Gasteiger partial charge on any atom is -0.456 e. The summed E-state index contributed by atoms with van der Waals surface area (Å²) < 4.78 is 5.50. The van der Waals surface area contributed by atoms with Crippen LogP contribution in [0.5, 0.6) is 0 Å². The summed E-state index contributed by atoms with van der Waals surface area (Å²) >= 11 is 0. The standard InChI is InChI=1S/C8H14O3Si2/c9-6-12-11-13(7-10)8-4-2-1-3-5-8/h1-5,9-10,13H,6-7,12H2. The summed E-state index contributed by atoms with van der Waals surface area (Å²) in [5.74, 6) is 0. The summed E-state index contributed by atoms with van der Waals surface area (Å²) in [5.41, 5.74) is 0. The molecule has 1 unspecified atom stereocenters. The highest BCUT2D eigenvalue weighted by atomic mass is 28.3. The van der Waals surface area contributed by atoms with E-state index in [0.29, 0.717) is 0 Å². The van der Waals surface area contributed by atoms with Crippen molar-refractivity contribution < 1.29 is 14.3 Å². The zero-order valence-corrected chi connectivity index (χ0v) is 9.96. The quantitative estimate of drug-likeness (QED) is 0.569. The number of rotatable bonds is 5. The summed E-state index contributed by atoms with van der Waals surface area (Å²) in [7, 11) is -2.45. The van der Waals surface area contributed by atoms with Crippen LogP contribution in [0.4, 0.5) is 0 Å². The van der Waals surface area contributed by atoms with Crippen molar-refractivity contribution in [2.75, 3.05) is 12.5 Å². The smallest absolute Gasteiger partial charge is 0.221 e. The molecular formula is C8H14O3Si2. The first-order valence-corrected chi connectivity index (χ1v) is 7.71. The van der Waals surface area contributed by atoms with Gasteiger partial charge >= 0.3 is 0 Å². The molecule has 0 aromatic heterocycles. The van der Waals surface area contributed by atoms with Gasteiger partial charge in [-0.3, -0.25) is 0 Å². The van der Waals surface area contributed by atoms with E-state index in [0.717, 1.165) is 5.19 Å². The highest BCUT2D eigenvalue weighted by molar-refractivity contribution is 6.71. The molecule has 13 heavy (non-hydrogen) atoms. The topological polar surface area (TPSA) is 49.7 Å². The van der Waals surface area contributed by atoms with E-state index >= 15 is 0 Å². The van der Waals surface area contributed by atoms with Gasteiger partial charge in [-0.2, -0.15) is 0 Å². The van der Waals surface area contributed by atoms with Gasteiger partial charge in [0, 0.05) is 0 Å². The molecule has 0 amide bonds. The Balaban J connectivity index is 2.56. The molecule has 0 heterocycles. The summed E-state index contributed by atoms with van der Waals surface area (Å²) in [6, 6.07) is 9.76. The number of aliphatic hydroxyl groups excluding tert-OH is 2. The zero-order chi connectivity index (χ0) is 9.52. The lowest BCUT2D eigenvalue weighted by atomic mass is 10.4. The van der Waals surface area contributed by atoms with E-state index in [1.54, 1.807) is 0 Å². The first-order valence-electron chi connectivity index (χ1n) is 4.26. The molecule has 5 heteroatoms. The minimum atomic E-state index is -1.63. The van der Waals surface area contributed by atoms with Crippen LogP contribution in [0.3, 0.4) is 0 Å². The molecule has 72 valence electrons. The van der Waals surface area contributed by atoms with Crippen LogP contribution in [0.2, 0.25) is 0 Å². The highest BCUT2D eigenvalue weighted by Gasteiger charge is 2.11. The van der Waals surface area contributed by atoms with Crippen LogP contribution >= 0.6 is 0 Å². The maximum atomic E-state index is 9.08. The largest absolute Gasteiger partial charge is 0.456 e. The van der Waals surface area contributed by atoms with E-state index < -0.39 is 18.8 Å². The van der Waals surface area contributed by atoms with Gasteiger partial charge in [-0.05, 0) is 5.19 Å². The van der Waals surface area contributed by atoms with Crippen LogP contribution in [0.25, 0.3) is 0 Å². The number of aliphatic hydroxyl groups is 2. The third kappa shape index (κ3) is 3.41. The van der Waals surface area contributed by atoms with Gasteiger partial charge in [0.1, 0.15) is 0 Å². The van der Waals surface area contributed by atoms with Crippen LogP contribution in [-0.4, -0.2) is 41.5 Å². The summed E-state index contributed by atoms with van der Waals surface area (Å²) in [4.78, 5) is 0. The lowest BCUT2D eigenvalue weighted by Crippen LogP contribution is -2.39. The SMILES string of the molecule is OC[SiH2]O[SiH](CO)c1ccccc1. The molecule has 0 aliphatic carbocycles. The fourth-order valence-electron chi connectivity index (χ4n) is 1.12. The molecule has 2 N–H and O–H groups in total. The normalized spacial score (nSPS) is 13.7. The Labute approximate surface area is 81.7 Å². The van der Waals surface area contributed by atoms with Gasteiger partial charge in [0.05, 0.1) is 12.5 Å². The molecule has 0 bridgehead atoms. The number of benzene rings is 1. The van der Waals surface area contributed by atoms with Crippen LogP contribution in [0.15, 0.2) is 30.3 Å². The van der Waals surface area contributed by atoms with Gasteiger partial charge in [-0.25, -0.2) is 0 Å². The van der Waals surface area contributed by atoms with E-state index in [9.17, 15) is 0 Å². The van der Waals surface area contributed by atoms with Crippen molar-refractivity contribution in [1.82, 2.24) is 0 Å². The third-order valence-electron chi connectivity index (χ3n) is 1.75. The highest BCUT2D eigenvalue weighted by Crippen LogP contribution is 1.89. The monoisotopic (exact) mass is 214 g/mol. The molecule has 0 spiro atoms. The average Bonchev–Trinajstić information content (AvgIpc) is 2.21. The second-order valence-corrected chi connectivity index (χ2v) is 6.87. The van der Waals surface area contributed by atoms with Crippen molar-refractivity contribution >= 4 is 24.0 Å². The Bertz CT molecular complexity index is 230. The van der Waals surface area contributed by atoms with Gasteiger partial charge in [-0.15, -0.1) is 0 Å². The van der Waals surface area contributed by atoms with E-state index in [-0.39, 0.29) is 12.5 Å². The molecule has 0 saturated carbocycles. The molecule has 3 nitrogen and oxygen atoms in total. The summed E-state index contributed by atoms with van der Waals surface area (Å²) in [5, 5.41) is 18.8. The van der Waals surface area contributed by atoms with Crippen LogP contribution in [-0.2, 0) is 4.12 Å². The molecule has 1 aromatic carbocycles. The minimum absolute atomic E-state index is 0.108. The van der Waals surface area contributed by atoms with Crippen LogP contribution in [0.1, 0.15) is 0 Å². The maximum Gasteiger partial charge on any atom is 0.221 e. The Morgan fingerprint density at radius 2 is 1.92 bits per heavy atom. The van der Waals surface area contributed by atoms with Gasteiger partial charge in [0.25, 0.3) is 0 Å². The predicted octanol–water partition coefficient (Wildman–Crippen LogP) is -1.80. The van der Waals surface area contributed by atoms with Crippen molar-refractivity contribution in [1.29, 1.82) is 0 Å². The van der Waals surface area contributed by atoms with Crippen molar-refractivity contribution in [3.63, 3.8) is 0 Å². The Kier molecular flexibility index (Phi) is 4.95. The predicted molar refractivity (Wildman–Crippen MR) is 57.0 cm³/mol. The first-order chi connectivity index (χ1) is 6.38. The van der Waals surface area contributed by atoms with Crippen molar-refractivity contribution in [3.8, 4) is 0 Å². The summed E-state index contributed by atoms with van der Waals surface area (Å²) in [6.45, 7) is 0. The summed E-state index contributed by atoms with van der Waals surface area (Å²) in [6.07, 6.45) is 0.257.